The summed E-state index contributed by atoms with van der Waals surface area (Å²) in [5.74, 6) is -0.354. The van der Waals surface area contributed by atoms with Gasteiger partial charge in [0.25, 0.3) is 15.9 Å². The Balaban J connectivity index is 1.66. The molecular formula is C27H31N3O3S. The van der Waals surface area contributed by atoms with Crippen molar-refractivity contribution in [3.05, 3.63) is 95.6 Å². The molecule has 6 nitrogen and oxygen atoms in total. The van der Waals surface area contributed by atoms with E-state index in [1.807, 2.05) is 32.0 Å². The van der Waals surface area contributed by atoms with Crippen molar-refractivity contribution in [2.45, 2.75) is 44.4 Å². The Labute approximate surface area is 202 Å². The maximum Gasteiger partial charge on any atom is 0.271 e. The Kier molecular flexibility index (Phi) is 7.57. The number of nitrogens with one attached hydrogen (secondary N) is 1. The minimum Gasteiger partial charge on any atom is -0.269 e. The van der Waals surface area contributed by atoms with Gasteiger partial charge < -0.3 is 0 Å². The van der Waals surface area contributed by atoms with Crippen molar-refractivity contribution < 1.29 is 13.2 Å². The van der Waals surface area contributed by atoms with Crippen LogP contribution in [0.15, 0.2) is 88.9 Å². The van der Waals surface area contributed by atoms with Crippen molar-refractivity contribution in [1.82, 2.24) is 5.43 Å². The molecule has 0 atom stereocenters. The van der Waals surface area contributed by atoms with Gasteiger partial charge in [-0.05, 0) is 67.6 Å². The largest absolute Gasteiger partial charge is 0.271 e. The van der Waals surface area contributed by atoms with Crippen LogP contribution < -0.4 is 9.73 Å². The van der Waals surface area contributed by atoms with Gasteiger partial charge >= 0.3 is 0 Å². The summed E-state index contributed by atoms with van der Waals surface area (Å²) < 4.78 is 27.0. The molecule has 0 heterocycles. The van der Waals surface area contributed by atoms with Gasteiger partial charge in [-0.15, -0.1) is 0 Å². The first-order chi connectivity index (χ1) is 16.0. The van der Waals surface area contributed by atoms with E-state index in [0.717, 1.165) is 11.3 Å². The lowest BCUT2D eigenvalue weighted by molar-refractivity contribution is 0.0954. The van der Waals surface area contributed by atoms with Crippen molar-refractivity contribution in [2.24, 2.45) is 5.10 Å². The van der Waals surface area contributed by atoms with E-state index in [1.165, 1.54) is 16.9 Å². The van der Waals surface area contributed by atoms with Crippen molar-refractivity contribution in [1.29, 1.82) is 0 Å². The summed E-state index contributed by atoms with van der Waals surface area (Å²) in [5, 5.41) is 4.27. The molecule has 1 N–H and O–H groups in total. The maximum atomic E-state index is 12.9. The normalized spacial score (nSPS) is 12.3. The molecule has 0 aromatic heterocycles. The van der Waals surface area contributed by atoms with Crippen molar-refractivity contribution >= 4 is 27.3 Å². The van der Waals surface area contributed by atoms with Crippen LogP contribution in [-0.2, 0) is 15.4 Å². The zero-order valence-electron chi connectivity index (χ0n) is 20.2. The van der Waals surface area contributed by atoms with Crippen LogP contribution in [0.1, 0.15) is 48.7 Å². The molecule has 0 saturated carbocycles. The molecule has 3 aromatic carbocycles. The third-order valence-electron chi connectivity index (χ3n) is 5.77. The number of nitrogens with zero attached hydrogens (tertiary/aromatic N) is 2. The Morgan fingerprint density at radius 1 is 0.941 bits per heavy atom. The second-order valence-electron chi connectivity index (χ2n) is 9.05. The predicted octanol–water partition coefficient (Wildman–Crippen LogP) is 5.29. The van der Waals surface area contributed by atoms with Crippen LogP contribution in [0.2, 0.25) is 0 Å². The quantitative estimate of drug-likeness (QED) is 0.353. The number of carbonyl (C=O) groups excluding carboxylic acids is 1. The molecule has 3 rings (SSSR count). The van der Waals surface area contributed by atoms with E-state index in [1.54, 1.807) is 48.5 Å². The predicted molar refractivity (Wildman–Crippen MR) is 138 cm³/mol. The molecule has 0 fully saturated rings. The Morgan fingerprint density at radius 3 is 2.12 bits per heavy atom. The number of amides is 1. The number of benzene rings is 3. The highest BCUT2D eigenvalue weighted by Gasteiger charge is 2.22. The van der Waals surface area contributed by atoms with Crippen LogP contribution >= 0.6 is 0 Å². The van der Waals surface area contributed by atoms with E-state index in [4.69, 9.17) is 0 Å². The van der Waals surface area contributed by atoms with Crippen LogP contribution in [0.25, 0.3) is 0 Å². The number of aryl methyl sites for hydroxylation is 1. The molecule has 0 aliphatic heterocycles. The molecule has 0 aliphatic carbocycles. The second-order valence-corrected chi connectivity index (χ2v) is 11.0. The molecule has 34 heavy (non-hydrogen) atoms. The van der Waals surface area contributed by atoms with Crippen molar-refractivity contribution in [3.63, 3.8) is 0 Å². The van der Waals surface area contributed by atoms with Crippen LogP contribution in [0.3, 0.4) is 0 Å². The molecule has 0 saturated heterocycles. The van der Waals surface area contributed by atoms with E-state index < -0.39 is 10.0 Å². The van der Waals surface area contributed by atoms with Gasteiger partial charge in [0, 0.05) is 18.3 Å². The summed E-state index contributed by atoms with van der Waals surface area (Å²) in [6, 6.07) is 23.3. The number of carbonyl (C=O) groups is 1. The zero-order chi connectivity index (χ0) is 24.9. The minimum absolute atomic E-state index is 0.116. The topological polar surface area (TPSA) is 78.8 Å². The molecule has 178 valence electrons. The number of hydrogen-bond donors (Lipinski definition) is 1. The lowest BCUT2D eigenvalue weighted by Gasteiger charge is -2.25. The third-order valence-corrected chi connectivity index (χ3v) is 7.57. The fourth-order valence-corrected chi connectivity index (χ4v) is 4.91. The van der Waals surface area contributed by atoms with Gasteiger partial charge in [-0.1, -0.05) is 61.9 Å². The molecule has 0 bridgehead atoms. The molecular weight excluding hydrogens is 446 g/mol. The first-order valence-corrected chi connectivity index (χ1v) is 12.5. The van der Waals surface area contributed by atoms with E-state index in [2.05, 4.69) is 36.5 Å². The molecule has 0 aliphatic rings. The highest BCUT2D eigenvalue weighted by atomic mass is 32.2. The third kappa shape index (κ3) is 5.91. The van der Waals surface area contributed by atoms with Gasteiger partial charge in [-0.25, -0.2) is 13.8 Å². The van der Waals surface area contributed by atoms with Crippen LogP contribution in [0.5, 0.6) is 0 Å². The van der Waals surface area contributed by atoms with Gasteiger partial charge in [0.1, 0.15) is 0 Å². The molecule has 7 heteroatoms. The SMILES string of the molecule is C/C(CC(C)(C)c1ccccc1)=N/NC(=O)c1ccc(N(C)S(=O)(=O)c2ccc(C)cc2)cc1. The average Bonchev–Trinajstić information content (AvgIpc) is 2.82. The van der Waals surface area contributed by atoms with E-state index in [0.29, 0.717) is 17.7 Å². The first-order valence-electron chi connectivity index (χ1n) is 11.1. The summed E-state index contributed by atoms with van der Waals surface area (Å²) in [6.45, 7) is 8.07. The van der Waals surface area contributed by atoms with Gasteiger partial charge in [-0.2, -0.15) is 5.10 Å². The summed E-state index contributed by atoms with van der Waals surface area (Å²) in [7, 11) is -2.20. The number of hydrogen-bond acceptors (Lipinski definition) is 4. The highest BCUT2D eigenvalue weighted by Crippen LogP contribution is 2.27. The molecule has 1 amide bonds. The summed E-state index contributed by atoms with van der Waals surface area (Å²) >= 11 is 0. The molecule has 0 spiro atoms. The average molecular weight is 478 g/mol. The monoisotopic (exact) mass is 477 g/mol. The standard InChI is InChI=1S/C27H31N3O3S/c1-20-11-17-25(18-12-20)34(32,33)30(5)24-15-13-22(14-16-24)26(31)29-28-21(2)19-27(3,4)23-9-7-6-8-10-23/h6-18H,19H2,1-5H3,(H,29,31)/b28-21-. The highest BCUT2D eigenvalue weighted by molar-refractivity contribution is 7.92. The zero-order valence-corrected chi connectivity index (χ0v) is 21.1. The fourth-order valence-electron chi connectivity index (χ4n) is 3.71. The first kappa shape index (κ1) is 25.2. The van der Waals surface area contributed by atoms with Gasteiger partial charge in [0.15, 0.2) is 0 Å². The number of hydrazone groups is 1. The van der Waals surface area contributed by atoms with Crippen molar-refractivity contribution in [3.8, 4) is 0 Å². The van der Waals surface area contributed by atoms with Crippen molar-refractivity contribution in [2.75, 3.05) is 11.4 Å². The van der Waals surface area contributed by atoms with Gasteiger partial charge in [0.05, 0.1) is 10.6 Å². The Morgan fingerprint density at radius 2 is 1.53 bits per heavy atom. The maximum absolute atomic E-state index is 12.9. The summed E-state index contributed by atoms with van der Waals surface area (Å²) in [5.41, 5.74) is 6.33. The van der Waals surface area contributed by atoms with E-state index in [9.17, 15) is 13.2 Å². The lowest BCUT2D eigenvalue weighted by Crippen LogP contribution is -2.27. The van der Waals surface area contributed by atoms with Crippen LogP contribution in [-0.4, -0.2) is 27.1 Å². The summed E-state index contributed by atoms with van der Waals surface area (Å²) in [6.07, 6.45) is 0.692. The van der Waals surface area contributed by atoms with E-state index >= 15 is 0 Å². The molecule has 3 aromatic rings. The molecule has 0 unspecified atom stereocenters. The number of sulfonamides is 1. The van der Waals surface area contributed by atoms with Gasteiger partial charge in [-0.3, -0.25) is 9.10 Å². The lowest BCUT2D eigenvalue weighted by atomic mass is 9.80. The number of rotatable bonds is 8. The second kappa shape index (κ2) is 10.2. The van der Waals surface area contributed by atoms with Gasteiger partial charge in [0.2, 0.25) is 0 Å². The minimum atomic E-state index is -3.69. The summed E-state index contributed by atoms with van der Waals surface area (Å²) in [4.78, 5) is 12.8. The molecule has 0 radical (unpaired) electrons. The number of anilines is 1. The Hall–Kier alpha value is -3.45. The fraction of sp³-hybridized carbons (Fsp3) is 0.259. The smallest absolute Gasteiger partial charge is 0.269 e. The van der Waals surface area contributed by atoms with Crippen LogP contribution in [0, 0.1) is 6.92 Å². The van der Waals surface area contributed by atoms with E-state index in [-0.39, 0.29) is 16.2 Å². The van der Waals surface area contributed by atoms with Crippen LogP contribution in [0.4, 0.5) is 5.69 Å². The Bertz CT molecular complexity index is 1260.